The Labute approximate surface area is 97.0 Å². The Morgan fingerprint density at radius 2 is 2.50 bits per heavy atom. The average Bonchev–Trinajstić information content (AvgIpc) is 2.89. The minimum absolute atomic E-state index is 0.723. The number of oxazole rings is 1. The largest absolute Gasteiger partial charge is 0.444 e. The van der Waals surface area contributed by atoms with Crippen LogP contribution in [0.4, 0.5) is 0 Å². The van der Waals surface area contributed by atoms with Gasteiger partial charge in [0.1, 0.15) is 5.76 Å². The second kappa shape index (κ2) is 5.46. The number of likely N-dealkylation sites (tertiary alicyclic amines) is 1. The zero-order valence-corrected chi connectivity index (χ0v) is 10.2. The van der Waals surface area contributed by atoms with E-state index in [0.717, 1.165) is 37.1 Å². The fraction of sp³-hybridized carbons (Fsp3) is 0.750. The van der Waals surface area contributed by atoms with Crippen LogP contribution in [0, 0.1) is 5.92 Å². The highest BCUT2D eigenvalue weighted by Gasteiger charge is 2.22. The van der Waals surface area contributed by atoms with Crippen molar-refractivity contribution >= 4 is 0 Å². The summed E-state index contributed by atoms with van der Waals surface area (Å²) in [4.78, 5) is 6.81. The van der Waals surface area contributed by atoms with Gasteiger partial charge in [0.15, 0.2) is 5.89 Å². The Morgan fingerprint density at radius 1 is 1.62 bits per heavy atom. The van der Waals surface area contributed by atoms with E-state index in [-0.39, 0.29) is 0 Å². The predicted octanol–water partition coefficient (Wildman–Crippen LogP) is 1.28. The van der Waals surface area contributed by atoms with E-state index in [1.807, 2.05) is 13.2 Å². The summed E-state index contributed by atoms with van der Waals surface area (Å²) in [6.07, 6.45) is 4.09. The molecular weight excluding hydrogens is 202 g/mol. The maximum absolute atomic E-state index is 5.66. The maximum atomic E-state index is 5.66. The molecule has 1 atom stereocenters. The molecule has 4 nitrogen and oxygen atoms in total. The molecule has 90 valence electrons. The van der Waals surface area contributed by atoms with Crippen LogP contribution in [0.25, 0.3) is 0 Å². The van der Waals surface area contributed by atoms with Crippen molar-refractivity contribution in [1.82, 2.24) is 15.2 Å². The van der Waals surface area contributed by atoms with Crippen LogP contribution in [-0.2, 0) is 13.0 Å². The summed E-state index contributed by atoms with van der Waals surface area (Å²) in [6, 6.07) is 0. The van der Waals surface area contributed by atoms with Gasteiger partial charge < -0.3 is 14.6 Å². The van der Waals surface area contributed by atoms with Gasteiger partial charge in [-0.25, -0.2) is 4.98 Å². The average molecular weight is 223 g/mol. The summed E-state index contributed by atoms with van der Waals surface area (Å²) in [5.74, 6) is 2.55. The lowest BCUT2D eigenvalue weighted by molar-refractivity contribution is 0.333. The maximum Gasteiger partial charge on any atom is 0.194 e. The highest BCUT2D eigenvalue weighted by Crippen LogP contribution is 2.20. The second-order valence-electron chi connectivity index (χ2n) is 4.50. The van der Waals surface area contributed by atoms with E-state index in [2.05, 4.69) is 22.1 Å². The molecule has 1 fully saturated rings. The topological polar surface area (TPSA) is 41.3 Å². The van der Waals surface area contributed by atoms with Gasteiger partial charge in [0.25, 0.3) is 0 Å². The van der Waals surface area contributed by atoms with Crippen molar-refractivity contribution in [3.63, 3.8) is 0 Å². The summed E-state index contributed by atoms with van der Waals surface area (Å²) in [5, 5.41) is 3.07. The summed E-state index contributed by atoms with van der Waals surface area (Å²) >= 11 is 0. The molecule has 2 rings (SSSR count). The van der Waals surface area contributed by atoms with E-state index >= 15 is 0 Å². The quantitative estimate of drug-likeness (QED) is 0.816. The molecule has 0 bridgehead atoms. The highest BCUT2D eigenvalue weighted by molar-refractivity contribution is 4.95. The molecule has 0 aromatic carbocycles. The van der Waals surface area contributed by atoms with E-state index in [4.69, 9.17) is 4.42 Å². The molecule has 1 N–H and O–H groups in total. The molecule has 4 heteroatoms. The molecule has 16 heavy (non-hydrogen) atoms. The van der Waals surface area contributed by atoms with Crippen molar-refractivity contribution in [2.24, 2.45) is 5.92 Å². The molecule has 1 aromatic rings. The highest BCUT2D eigenvalue weighted by atomic mass is 16.4. The standard InChI is InChI=1S/C12H21N3O/c1-3-15-5-4-10(9-15)6-12-14-8-11(16-12)7-13-2/h8,10,13H,3-7,9H2,1-2H3. The molecular formula is C12H21N3O. The van der Waals surface area contributed by atoms with Gasteiger partial charge in [0, 0.05) is 13.0 Å². The molecule has 0 saturated carbocycles. The Balaban J connectivity index is 1.84. The molecule has 1 aromatic heterocycles. The van der Waals surface area contributed by atoms with E-state index in [1.54, 1.807) is 0 Å². The first-order valence-corrected chi connectivity index (χ1v) is 6.12. The van der Waals surface area contributed by atoms with Crippen molar-refractivity contribution in [3.8, 4) is 0 Å². The van der Waals surface area contributed by atoms with Crippen molar-refractivity contribution in [1.29, 1.82) is 0 Å². The van der Waals surface area contributed by atoms with Gasteiger partial charge in [0.05, 0.1) is 12.7 Å². The monoisotopic (exact) mass is 223 g/mol. The third-order valence-electron chi connectivity index (χ3n) is 3.23. The third kappa shape index (κ3) is 2.83. The molecule has 0 spiro atoms. The molecule has 0 amide bonds. The fourth-order valence-corrected chi connectivity index (χ4v) is 2.31. The zero-order chi connectivity index (χ0) is 11.4. The molecule has 1 saturated heterocycles. The Hall–Kier alpha value is -0.870. The number of nitrogens with one attached hydrogen (secondary N) is 1. The van der Waals surface area contributed by atoms with Crippen LogP contribution in [0.2, 0.25) is 0 Å². The minimum Gasteiger partial charge on any atom is -0.444 e. The van der Waals surface area contributed by atoms with Crippen LogP contribution < -0.4 is 5.32 Å². The molecule has 1 aliphatic rings. The zero-order valence-electron chi connectivity index (χ0n) is 10.2. The molecule has 1 aliphatic heterocycles. The third-order valence-corrected chi connectivity index (χ3v) is 3.23. The summed E-state index contributed by atoms with van der Waals surface area (Å²) in [6.45, 7) is 6.57. The van der Waals surface area contributed by atoms with Crippen molar-refractivity contribution < 1.29 is 4.42 Å². The normalized spacial score (nSPS) is 21.8. The number of nitrogens with zero attached hydrogens (tertiary/aromatic N) is 2. The van der Waals surface area contributed by atoms with E-state index in [9.17, 15) is 0 Å². The van der Waals surface area contributed by atoms with E-state index < -0.39 is 0 Å². The molecule has 2 heterocycles. The minimum atomic E-state index is 0.723. The lowest BCUT2D eigenvalue weighted by Gasteiger charge is -2.11. The molecule has 1 unspecified atom stereocenters. The Morgan fingerprint density at radius 3 is 3.19 bits per heavy atom. The van der Waals surface area contributed by atoms with E-state index in [1.165, 1.54) is 19.5 Å². The number of hydrogen-bond acceptors (Lipinski definition) is 4. The van der Waals surface area contributed by atoms with Gasteiger partial charge in [-0.15, -0.1) is 0 Å². The molecule has 0 radical (unpaired) electrons. The first-order valence-electron chi connectivity index (χ1n) is 6.12. The van der Waals surface area contributed by atoms with E-state index in [0.29, 0.717) is 0 Å². The summed E-state index contributed by atoms with van der Waals surface area (Å²) < 4.78 is 5.66. The van der Waals surface area contributed by atoms with Crippen molar-refractivity contribution in [2.45, 2.75) is 26.3 Å². The Bertz CT molecular complexity index is 324. The molecule has 0 aliphatic carbocycles. The number of hydrogen-bond donors (Lipinski definition) is 1. The lowest BCUT2D eigenvalue weighted by Crippen LogP contribution is -2.20. The van der Waals surface area contributed by atoms with Crippen LogP contribution in [0.15, 0.2) is 10.6 Å². The summed E-state index contributed by atoms with van der Waals surface area (Å²) in [7, 11) is 1.91. The van der Waals surface area contributed by atoms with Crippen LogP contribution in [0.5, 0.6) is 0 Å². The van der Waals surface area contributed by atoms with Gasteiger partial charge in [0.2, 0.25) is 0 Å². The lowest BCUT2D eigenvalue weighted by atomic mass is 10.1. The second-order valence-corrected chi connectivity index (χ2v) is 4.50. The smallest absolute Gasteiger partial charge is 0.194 e. The summed E-state index contributed by atoms with van der Waals surface area (Å²) in [5.41, 5.74) is 0. The van der Waals surface area contributed by atoms with Gasteiger partial charge in [-0.05, 0) is 32.5 Å². The fourth-order valence-electron chi connectivity index (χ4n) is 2.31. The Kier molecular flexibility index (Phi) is 3.96. The predicted molar refractivity (Wildman–Crippen MR) is 63.2 cm³/mol. The number of aromatic nitrogens is 1. The number of rotatable bonds is 5. The van der Waals surface area contributed by atoms with Crippen molar-refractivity contribution in [2.75, 3.05) is 26.7 Å². The van der Waals surface area contributed by atoms with Gasteiger partial charge in [-0.1, -0.05) is 6.92 Å². The van der Waals surface area contributed by atoms with Crippen LogP contribution in [-0.4, -0.2) is 36.6 Å². The van der Waals surface area contributed by atoms with Crippen LogP contribution in [0.3, 0.4) is 0 Å². The first kappa shape index (κ1) is 11.6. The van der Waals surface area contributed by atoms with Crippen LogP contribution in [0.1, 0.15) is 25.0 Å². The van der Waals surface area contributed by atoms with Gasteiger partial charge >= 0.3 is 0 Å². The SMILES string of the molecule is CCN1CCC(Cc2ncc(CNC)o2)C1. The van der Waals surface area contributed by atoms with Gasteiger partial charge in [-0.2, -0.15) is 0 Å². The first-order chi connectivity index (χ1) is 7.81. The van der Waals surface area contributed by atoms with Crippen LogP contribution >= 0.6 is 0 Å². The van der Waals surface area contributed by atoms with Crippen molar-refractivity contribution in [3.05, 3.63) is 17.8 Å². The van der Waals surface area contributed by atoms with Gasteiger partial charge in [-0.3, -0.25) is 0 Å².